The number of thiophene rings is 2. The highest BCUT2D eigenvalue weighted by molar-refractivity contribution is 7.27. The lowest BCUT2D eigenvalue weighted by Crippen LogP contribution is -1.98. The Kier molecular flexibility index (Phi) is 3.33. The van der Waals surface area contributed by atoms with Crippen molar-refractivity contribution >= 4 is 43.7 Å². The minimum Gasteiger partial charge on any atom is -0.207 e. The molecule has 2 aromatic heterocycles. The van der Waals surface area contributed by atoms with E-state index in [4.69, 9.17) is 11.6 Å². The Morgan fingerprint density at radius 3 is 2.63 bits per heavy atom. The summed E-state index contributed by atoms with van der Waals surface area (Å²) in [4.78, 5) is 0.839. The van der Waals surface area contributed by atoms with E-state index < -0.39 is 17.0 Å². The third-order valence-electron chi connectivity index (χ3n) is 2.96. The van der Waals surface area contributed by atoms with Crippen molar-refractivity contribution in [3.05, 3.63) is 57.3 Å². The number of alkyl halides is 1. The van der Waals surface area contributed by atoms with Gasteiger partial charge in [0.2, 0.25) is 0 Å². The van der Waals surface area contributed by atoms with Crippen LogP contribution in [0.3, 0.4) is 0 Å². The molecular weight excluding hydrogens is 306 g/mol. The summed E-state index contributed by atoms with van der Waals surface area (Å²) in [6.07, 6.45) is 0. The van der Waals surface area contributed by atoms with Gasteiger partial charge in [0.05, 0.1) is 5.38 Å². The minimum absolute atomic E-state index is 0.193. The Morgan fingerprint density at radius 1 is 1.11 bits per heavy atom. The van der Waals surface area contributed by atoms with Crippen LogP contribution in [0.15, 0.2) is 29.6 Å². The first kappa shape index (κ1) is 13.0. The number of halogens is 3. The monoisotopic (exact) mass is 314 g/mol. The quantitative estimate of drug-likeness (QED) is 0.518. The SMILES string of the molecule is Cc1cc(F)c(C(Cl)c2cc3sccc3s2)cc1F. The van der Waals surface area contributed by atoms with Crippen LogP contribution in [0.4, 0.5) is 8.78 Å². The van der Waals surface area contributed by atoms with Crippen LogP contribution < -0.4 is 0 Å². The lowest BCUT2D eigenvalue weighted by atomic mass is 10.1. The van der Waals surface area contributed by atoms with Crippen LogP contribution in [-0.4, -0.2) is 0 Å². The summed E-state index contributed by atoms with van der Waals surface area (Å²) < 4.78 is 29.7. The van der Waals surface area contributed by atoms with E-state index >= 15 is 0 Å². The lowest BCUT2D eigenvalue weighted by molar-refractivity contribution is 0.581. The van der Waals surface area contributed by atoms with E-state index in [-0.39, 0.29) is 11.1 Å². The van der Waals surface area contributed by atoms with Gasteiger partial charge >= 0.3 is 0 Å². The summed E-state index contributed by atoms with van der Waals surface area (Å²) in [5.41, 5.74) is 0.482. The second-order valence-electron chi connectivity index (χ2n) is 4.28. The maximum absolute atomic E-state index is 13.9. The molecule has 0 nitrogen and oxygen atoms in total. The third-order valence-corrected chi connectivity index (χ3v) is 5.72. The molecule has 19 heavy (non-hydrogen) atoms. The molecule has 3 aromatic rings. The van der Waals surface area contributed by atoms with Crippen molar-refractivity contribution in [2.24, 2.45) is 0 Å². The van der Waals surface area contributed by atoms with E-state index in [0.717, 1.165) is 14.3 Å². The summed E-state index contributed by atoms with van der Waals surface area (Å²) in [6, 6.07) is 6.33. The minimum atomic E-state index is -0.653. The highest BCUT2D eigenvalue weighted by Gasteiger charge is 2.19. The molecule has 0 aliphatic carbocycles. The van der Waals surface area contributed by atoms with Crippen LogP contribution in [0.25, 0.3) is 9.40 Å². The van der Waals surface area contributed by atoms with Crippen molar-refractivity contribution in [1.29, 1.82) is 0 Å². The highest BCUT2D eigenvalue weighted by Crippen LogP contribution is 2.40. The smallest absolute Gasteiger partial charge is 0.128 e. The van der Waals surface area contributed by atoms with E-state index in [0.29, 0.717) is 0 Å². The molecule has 1 atom stereocenters. The fourth-order valence-electron chi connectivity index (χ4n) is 1.92. The van der Waals surface area contributed by atoms with Gasteiger partial charge in [-0.2, -0.15) is 0 Å². The molecule has 0 aliphatic heterocycles. The standard InChI is InChI=1S/C14H9ClF2S2/c1-7-4-10(17)8(5-9(7)16)14(15)13-6-12-11(19-13)2-3-18-12/h2-6,14H,1H3. The fourth-order valence-corrected chi connectivity index (χ4v) is 4.40. The molecule has 0 radical (unpaired) electrons. The maximum Gasteiger partial charge on any atom is 0.128 e. The fraction of sp³-hybridized carbons (Fsp3) is 0.143. The van der Waals surface area contributed by atoms with Crippen LogP contribution in [0.1, 0.15) is 21.4 Å². The van der Waals surface area contributed by atoms with Gasteiger partial charge in [-0.25, -0.2) is 8.78 Å². The van der Waals surface area contributed by atoms with Crippen molar-refractivity contribution in [3.63, 3.8) is 0 Å². The lowest BCUT2D eigenvalue weighted by Gasteiger charge is -2.10. The van der Waals surface area contributed by atoms with Crippen molar-refractivity contribution in [2.45, 2.75) is 12.3 Å². The van der Waals surface area contributed by atoms with Crippen LogP contribution >= 0.6 is 34.3 Å². The van der Waals surface area contributed by atoms with Crippen molar-refractivity contribution in [3.8, 4) is 0 Å². The first-order chi connectivity index (χ1) is 9.06. The van der Waals surface area contributed by atoms with Crippen LogP contribution in [-0.2, 0) is 0 Å². The number of hydrogen-bond donors (Lipinski definition) is 0. The third kappa shape index (κ3) is 2.29. The molecular formula is C14H9ClF2S2. The number of aryl methyl sites for hydroxylation is 1. The molecule has 0 aliphatic rings. The summed E-state index contributed by atoms with van der Waals surface area (Å²) in [5, 5.41) is 1.35. The second-order valence-corrected chi connectivity index (χ2v) is 6.78. The summed E-state index contributed by atoms with van der Waals surface area (Å²) in [6.45, 7) is 1.53. The molecule has 5 heteroatoms. The molecule has 0 spiro atoms. The molecule has 0 saturated carbocycles. The van der Waals surface area contributed by atoms with Gasteiger partial charge in [-0.05, 0) is 42.1 Å². The number of benzene rings is 1. The van der Waals surface area contributed by atoms with E-state index in [2.05, 4.69) is 0 Å². The molecule has 0 N–H and O–H groups in total. The largest absolute Gasteiger partial charge is 0.207 e. The molecule has 98 valence electrons. The average Bonchev–Trinajstić information content (AvgIpc) is 2.93. The zero-order chi connectivity index (χ0) is 13.6. The van der Waals surface area contributed by atoms with Crippen molar-refractivity contribution in [1.82, 2.24) is 0 Å². The van der Waals surface area contributed by atoms with Gasteiger partial charge in [0, 0.05) is 19.8 Å². The van der Waals surface area contributed by atoms with Crippen molar-refractivity contribution in [2.75, 3.05) is 0 Å². The Balaban J connectivity index is 2.06. The van der Waals surface area contributed by atoms with Gasteiger partial charge in [-0.15, -0.1) is 34.3 Å². The van der Waals surface area contributed by atoms with E-state index in [1.807, 2.05) is 17.5 Å². The van der Waals surface area contributed by atoms with E-state index in [1.165, 1.54) is 30.4 Å². The van der Waals surface area contributed by atoms with Gasteiger partial charge in [0.1, 0.15) is 11.6 Å². The Labute approximate surface area is 122 Å². The number of rotatable bonds is 2. The van der Waals surface area contributed by atoms with Gasteiger partial charge < -0.3 is 0 Å². The summed E-state index contributed by atoms with van der Waals surface area (Å²) >= 11 is 9.43. The molecule has 2 heterocycles. The number of fused-ring (bicyclic) bond motifs is 1. The summed E-state index contributed by atoms with van der Waals surface area (Å²) in [7, 11) is 0. The first-order valence-electron chi connectivity index (χ1n) is 5.63. The van der Waals surface area contributed by atoms with Gasteiger partial charge in [0.25, 0.3) is 0 Å². The van der Waals surface area contributed by atoms with E-state index in [9.17, 15) is 8.78 Å². The normalized spacial score (nSPS) is 13.1. The molecule has 3 rings (SSSR count). The van der Waals surface area contributed by atoms with Crippen LogP contribution in [0, 0.1) is 18.6 Å². The Morgan fingerprint density at radius 2 is 1.89 bits per heavy atom. The molecule has 0 saturated heterocycles. The highest BCUT2D eigenvalue weighted by atomic mass is 35.5. The zero-order valence-electron chi connectivity index (χ0n) is 9.91. The topological polar surface area (TPSA) is 0 Å². The Bertz CT molecular complexity index is 717. The average molecular weight is 315 g/mol. The molecule has 0 amide bonds. The van der Waals surface area contributed by atoms with Crippen molar-refractivity contribution < 1.29 is 8.78 Å². The van der Waals surface area contributed by atoms with Gasteiger partial charge in [-0.1, -0.05) is 0 Å². The van der Waals surface area contributed by atoms with E-state index in [1.54, 1.807) is 11.3 Å². The van der Waals surface area contributed by atoms with Gasteiger partial charge in [-0.3, -0.25) is 0 Å². The summed E-state index contributed by atoms with van der Waals surface area (Å²) in [5.74, 6) is -0.893. The molecule has 0 fully saturated rings. The molecule has 0 bridgehead atoms. The van der Waals surface area contributed by atoms with Crippen LogP contribution in [0.2, 0.25) is 0 Å². The van der Waals surface area contributed by atoms with Crippen LogP contribution in [0.5, 0.6) is 0 Å². The van der Waals surface area contributed by atoms with Gasteiger partial charge in [0.15, 0.2) is 0 Å². The molecule has 1 unspecified atom stereocenters. The predicted octanol–water partition coefficient (Wildman–Crippen LogP) is 5.88. The molecule has 1 aromatic carbocycles. The second kappa shape index (κ2) is 4.85. The predicted molar refractivity (Wildman–Crippen MR) is 78.5 cm³/mol. The Hall–Kier alpha value is -0.970. The maximum atomic E-state index is 13.9. The zero-order valence-corrected chi connectivity index (χ0v) is 12.3. The first-order valence-corrected chi connectivity index (χ1v) is 7.76. The number of hydrogen-bond acceptors (Lipinski definition) is 2.